The minimum absolute atomic E-state index is 0. The molecule has 0 unspecified atom stereocenters. The monoisotopic (exact) mass is 660 g/mol. The van der Waals surface area contributed by atoms with Crippen LogP contribution in [0.15, 0.2) is 121 Å². The molecule has 6 rings (SSSR count). The van der Waals surface area contributed by atoms with Gasteiger partial charge in [0.25, 0.3) is 0 Å². The molecule has 0 saturated heterocycles. The Hall–Kier alpha value is -4.27. The molecule has 0 aliphatic carbocycles. The van der Waals surface area contributed by atoms with E-state index in [9.17, 15) is 5.11 Å². The van der Waals surface area contributed by atoms with E-state index in [1.165, 1.54) is 0 Å². The third-order valence-electron chi connectivity index (χ3n) is 6.03. The Labute approximate surface area is 229 Å². The summed E-state index contributed by atoms with van der Waals surface area (Å²) in [5.41, 5.74) is 4.84. The quantitative estimate of drug-likeness (QED) is 0.191. The fourth-order valence-corrected chi connectivity index (χ4v) is 4.27. The summed E-state index contributed by atoms with van der Waals surface area (Å²) in [5.74, 6) is 1.26. The summed E-state index contributed by atoms with van der Waals surface area (Å²) in [6, 6.07) is 40.3. The van der Waals surface area contributed by atoms with Crippen molar-refractivity contribution in [2.24, 2.45) is 0 Å². The summed E-state index contributed by atoms with van der Waals surface area (Å²) in [7, 11) is 0. The van der Waals surface area contributed by atoms with Crippen LogP contribution in [-0.4, -0.2) is 15.1 Å². The van der Waals surface area contributed by atoms with Crippen LogP contribution >= 0.6 is 0 Å². The number of hydrogen-bond donors (Lipinski definition) is 1. The summed E-state index contributed by atoms with van der Waals surface area (Å²) < 4.78 is 6.15. The molecule has 0 bridgehead atoms. The van der Waals surface area contributed by atoms with E-state index < -0.39 is 0 Å². The summed E-state index contributed by atoms with van der Waals surface area (Å²) in [6.07, 6.45) is 1.74. The molecule has 1 N–H and O–H groups in total. The van der Waals surface area contributed by atoms with Gasteiger partial charge < -0.3 is 9.84 Å². The first kappa shape index (κ1) is 24.4. The number of aromatic nitrogens is 2. The van der Waals surface area contributed by atoms with Crippen molar-refractivity contribution in [3.63, 3.8) is 0 Å². The van der Waals surface area contributed by atoms with Gasteiger partial charge in [0, 0.05) is 49.5 Å². The zero-order valence-electron chi connectivity index (χ0n) is 19.6. The Morgan fingerprint density at radius 1 is 0.676 bits per heavy atom. The molecule has 0 aliphatic heterocycles. The van der Waals surface area contributed by atoms with Crippen LogP contribution < -0.4 is 4.74 Å². The number of para-hydroxylation sites is 1. The number of aromatic hydroxyl groups is 1. The van der Waals surface area contributed by atoms with E-state index in [0.717, 1.165) is 33.2 Å². The fraction of sp³-hybridized carbons (Fsp3) is 0. The van der Waals surface area contributed by atoms with E-state index in [-0.39, 0.29) is 26.8 Å². The van der Waals surface area contributed by atoms with Crippen molar-refractivity contribution in [2.75, 3.05) is 0 Å². The van der Waals surface area contributed by atoms with Crippen molar-refractivity contribution in [2.45, 2.75) is 0 Å². The van der Waals surface area contributed by atoms with E-state index in [0.29, 0.717) is 22.9 Å². The van der Waals surface area contributed by atoms with Crippen LogP contribution in [0.2, 0.25) is 0 Å². The number of pyridine rings is 2. The number of fused-ring (bicyclic) bond motifs is 1. The second-order valence-corrected chi connectivity index (χ2v) is 8.34. The van der Waals surface area contributed by atoms with Gasteiger partial charge in [-0.15, -0.1) is 23.8 Å². The Morgan fingerprint density at radius 2 is 1.46 bits per heavy atom. The van der Waals surface area contributed by atoms with Crippen molar-refractivity contribution in [3.8, 4) is 51.0 Å². The van der Waals surface area contributed by atoms with E-state index >= 15 is 0 Å². The van der Waals surface area contributed by atoms with Crippen LogP contribution in [0.3, 0.4) is 0 Å². The third-order valence-corrected chi connectivity index (χ3v) is 6.03. The molecule has 4 nitrogen and oxygen atoms in total. The van der Waals surface area contributed by atoms with E-state index in [1.807, 2.05) is 103 Å². The van der Waals surface area contributed by atoms with Gasteiger partial charge in [-0.1, -0.05) is 78.9 Å². The molecule has 0 amide bonds. The maximum absolute atomic E-state index is 10.6. The number of ether oxygens (including phenoxy) is 1. The Morgan fingerprint density at radius 3 is 2.32 bits per heavy atom. The maximum atomic E-state index is 10.6. The fourth-order valence-electron chi connectivity index (χ4n) is 4.27. The van der Waals surface area contributed by atoms with Crippen LogP contribution in [0.25, 0.3) is 44.4 Å². The van der Waals surface area contributed by atoms with Crippen LogP contribution in [0.5, 0.6) is 17.4 Å². The number of phenols is 1. The first-order chi connectivity index (χ1) is 17.8. The van der Waals surface area contributed by atoms with Gasteiger partial charge in [0.1, 0.15) is 5.75 Å². The molecule has 2 heterocycles. The molecular weight excluding hydrogens is 639 g/mol. The van der Waals surface area contributed by atoms with Crippen molar-refractivity contribution in [1.82, 2.24) is 9.97 Å². The number of phenolic OH excluding ortho intramolecular Hbond substituents is 1. The molecule has 0 radical (unpaired) electrons. The zero-order valence-corrected chi connectivity index (χ0v) is 21.9. The summed E-state index contributed by atoms with van der Waals surface area (Å²) in [4.78, 5) is 9.41. The second kappa shape index (κ2) is 10.8. The van der Waals surface area contributed by atoms with Gasteiger partial charge in [-0.2, -0.15) is 0 Å². The maximum Gasteiger partial charge on any atom is 0.225 e. The molecule has 0 fully saturated rings. The zero-order chi connectivity index (χ0) is 24.3. The molecule has 0 atom stereocenters. The first-order valence-corrected chi connectivity index (χ1v) is 11.7. The van der Waals surface area contributed by atoms with Gasteiger partial charge in [-0.25, -0.2) is 4.98 Å². The van der Waals surface area contributed by atoms with E-state index in [1.54, 1.807) is 18.3 Å². The van der Waals surface area contributed by atoms with Gasteiger partial charge in [0.05, 0.1) is 5.69 Å². The summed E-state index contributed by atoms with van der Waals surface area (Å²) in [6.45, 7) is 0. The molecule has 2 aromatic heterocycles. The normalized spacial score (nSPS) is 10.6. The van der Waals surface area contributed by atoms with Crippen molar-refractivity contribution < 1.29 is 30.9 Å². The SMILES string of the molecule is Oc1ccccc1-c1nc(-c2[c-]c(Oc3nccc4ccccc34)ccc2)ccc1-c1ccccc1.[Pt]. The average molecular weight is 661 g/mol. The van der Waals surface area contributed by atoms with Crippen LogP contribution in [0.4, 0.5) is 0 Å². The Kier molecular flexibility index (Phi) is 7.11. The van der Waals surface area contributed by atoms with Gasteiger partial charge in [0.2, 0.25) is 5.88 Å². The van der Waals surface area contributed by atoms with Gasteiger partial charge in [-0.3, -0.25) is 4.98 Å². The van der Waals surface area contributed by atoms with Gasteiger partial charge in [0.15, 0.2) is 0 Å². The molecule has 182 valence electrons. The molecular formula is C32H21N2O2Pt-. The van der Waals surface area contributed by atoms with Gasteiger partial charge >= 0.3 is 0 Å². The third kappa shape index (κ3) is 5.02. The first-order valence-electron chi connectivity index (χ1n) is 11.7. The molecule has 5 heteroatoms. The van der Waals surface area contributed by atoms with Crippen LogP contribution in [-0.2, 0) is 21.1 Å². The van der Waals surface area contributed by atoms with Gasteiger partial charge in [-0.05, 0) is 40.9 Å². The summed E-state index contributed by atoms with van der Waals surface area (Å²) in [5, 5.41) is 12.6. The standard InChI is InChI=1S/C32H21N2O2.Pt/c35-30-16-7-6-15-28(30)31-26(22-9-2-1-3-10-22)17-18-29(34-31)24-12-8-13-25(21-24)36-32-27-14-5-4-11-23(27)19-20-33-32;/h1-20,35H;/q-1;. The number of nitrogens with zero attached hydrogens (tertiary/aromatic N) is 2. The van der Waals surface area contributed by atoms with Crippen molar-refractivity contribution >= 4 is 10.8 Å². The molecule has 0 saturated carbocycles. The van der Waals surface area contributed by atoms with Crippen LogP contribution in [0.1, 0.15) is 0 Å². The topological polar surface area (TPSA) is 55.2 Å². The average Bonchev–Trinajstić information content (AvgIpc) is 2.94. The molecule has 6 aromatic rings. The predicted octanol–water partition coefficient (Wildman–Crippen LogP) is 7.93. The molecule has 37 heavy (non-hydrogen) atoms. The largest absolute Gasteiger partial charge is 0.507 e. The second-order valence-electron chi connectivity index (χ2n) is 8.34. The molecule has 0 spiro atoms. The van der Waals surface area contributed by atoms with Crippen LogP contribution in [0, 0.1) is 6.07 Å². The van der Waals surface area contributed by atoms with Crippen molar-refractivity contribution in [3.05, 3.63) is 128 Å². The molecule has 4 aromatic carbocycles. The molecule has 0 aliphatic rings. The minimum Gasteiger partial charge on any atom is -0.507 e. The predicted molar refractivity (Wildman–Crippen MR) is 143 cm³/mol. The number of rotatable bonds is 5. The van der Waals surface area contributed by atoms with Crippen molar-refractivity contribution in [1.29, 1.82) is 0 Å². The Bertz CT molecular complexity index is 1680. The van der Waals surface area contributed by atoms with E-state index in [2.05, 4.69) is 11.1 Å². The Balaban J connectivity index is 0.00000280. The number of hydrogen-bond acceptors (Lipinski definition) is 4. The number of benzene rings is 4. The van der Waals surface area contributed by atoms with E-state index in [4.69, 9.17) is 9.72 Å². The summed E-state index contributed by atoms with van der Waals surface area (Å²) >= 11 is 0. The smallest absolute Gasteiger partial charge is 0.225 e. The minimum atomic E-state index is 0.